The molecule has 4 atom stereocenters. The molecule has 1 saturated carbocycles. The van der Waals surface area contributed by atoms with Gasteiger partial charge in [-0.3, -0.25) is 4.79 Å². The molecule has 1 aromatic carbocycles. The molecule has 1 aromatic rings. The zero-order valence-electron chi connectivity index (χ0n) is 12.4. The van der Waals surface area contributed by atoms with Crippen molar-refractivity contribution in [2.75, 3.05) is 6.54 Å². The Kier molecular flexibility index (Phi) is 4.00. The van der Waals surface area contributed by atoms with Crippen molar-refractivity contribution in [3.8, 4) is 0 Å². The lowest BCUT2D eigenvalue weighted by atomic mass is 9.71. The quantitative estimate of drug-likeness (QED) is 0.808. The Bertz CT molecular complexity index is 575. The summed E-state index contributed by atoms with van der Waals surface area (Å²) in [6.45, 7) is 0.737. The van der Waals surface area contributed by atoms with Gasteiger partial charge in [-0.05, 0) is 55.3 Å². The summed E-state index contributed by atoms with van der Waals surface area (Å²) < 4.78 is 13.0. The summed E-state index contributed by atoms with van der Waals surface area (Å²) in [7, 11) is 0. The zero-order valence-corrected chi connectivity index (χ0v) is 12.4. The summed E-state index contributed by atoms with van der Waals surface area (Å²) in [4.78, 5) is 24.0. The first kappa shape index (κ1) is 15.2. The van der Waals surface area contributed by atoms with Gasteiger partial charge in [-0.1, -0.05) is 18.6 Å². The van der Waals surface area contributed by atoms with Gasteiger partial charge in [0.1, 0.15) is 17.6 Å². The monoisotopic (exact) mass is 304 g/mol. The lowest BCUT2D eigenvalue weighted by molar-refractivity contribution is -0.132. The van der Waals surface area contributed by atoms with Gasteiger partial charge in [-0.25, -0.2) is 4.39 Å². The van der Waals surface area contributed by atoms with Gasteiger partial charge in [0, 0.05) is 5.92 Å². The lowest BCUT2D eigenvalue weighted by Gasteiger charge is -2.37. The Morgan fingerprint density at radius 1 is 1.41 bits per heavy atom. The highest BCUT2D eigenvalue weighted by atomic mass is 19.1. The molecule has 2 aliphatic rings. The molecule has 3 N–H and O–H groups in total. The van der Waals surface area contributed by atoms with Crippen LogP contribution in [0.2, 0.25) is 0 Å². The highest BCUT2D eigenvalue weighted by Crippen LogP contribution is 2.46. The van der Waals surface area contributed by atoms with Crippen LogP contribution in [0.5, 0.6) is 0 Å². The molecule has 1 aliphatic heterocycles. The molecule has 2 fully saturated rings. The average molecular weight is 304 g/mol. The summed E-state index contributed by atoms with van der Waals surface area (Å²) in [6.07, 6.45) is 4.31. The normalized spacial score (nSPS) is 31.7. The average Bonchev–Trinajstić information content (AvgIpc) is 3.09. The fraction of sp³-hybridized carbons (Fsp3) is 0.529. The second-order valence-electron chi connectivity index (χ2n) is 6.48. The lowest BCUT2D eigenvalue weighted by Crippen LogP contribution is -2.61. The Balaban J connectivity index is 1.90. The number of nitrogens with two attached hydrogens (primary N) is 1. The van der Waals surface area contributed by atoms with Crippen molar-refractivity contribution < 1.29 is 14.0 Å². The molecule has 3 rings (SSSR count). The predicted octanol–water partition coefficient (Wildman–Crippen LogP) is 1.43. The molecular formula is C17H21FN2O2. The van der Waals surface area contributed by atoms with Crippen molar-refractivity contribution in [1.29, 1.82) is 0 Å². The number of halogens is 1. The van der Waals surface area contributed by atoms with E-state index >= 15 is 0 Å². The van der Waals surface area contributed by atoms with E-state index in [1.165, 1.54) is 12.1 Å². The fourth-order valence-corrected chi connectivity index (χ4v) is 4.36. The van der Waals surface area contributed by atoms with Gasteiger partial charge in [0.15, 0.2) is 0 Å². The van der Waals surface area contributed by atoms with Crippen LogP contribution in [0.1, 0.15) is 24.8 Å². The minimum atomic E-state index is -0.961. The summed E-state index contributed by atoms with van der Waals surface area (Å²) in [6, 6.07) is 6.05. The molecule has 1 heterocycles. The Morgan fingerprint density at radius 2 is 2.14 bits per heavy atom. The van der Waals surface area contributed by atoms with Gasteiger partial charge in [0.05, 0.1) is 0 Å². The van der Waals surface area contributed by atoms with Crippen molar-refractivity contribution >= 4 is 12.2 Å². The largest absolute Gasteiger partial charge is 0.368 e. The molecule has 0 spiro atoms. The third kappa shape index (κ3) is 2.33. The van der Waals surface area contributed by atoms with E-state index in [1.807, 2.05) is 0 Å². The van der Waals surface area contributed by atoms with E-state index in [-0.39, 0.29) is 11.7 Å². The first-order valence-electron chi connectivity index (χ1n) is 7.82. The maximum atomic E-state index is 13.0. The van der Waals surface area contributed by atoms with E-state index in [4.69, 9.17) is 5.73 Å². The second-order valence-corrected chi connectivity index (χ2v) is 6.48. The number of nitrogens with one attached hydrogen (secondary N) is 1. The highest BCUT2D eigenvalue weighted by Gasteiger charge is 2.57. The molecule has 22 heavy (non-hydrogen) atoms. The van der Waals surface area contributed by atoms with Gasteiger partial charge >= 0.3 is 0 Å². The van der Waals surface area contributed by atoms with Gasteiger partial charge in [0.2, 0.25) is 5.91 Å². The van der Waals surface area contributed by atoms with Crippen LogP contribution in [0.3, 0.4) is 0 Å². The Hall–Kier alpha value is -1.75. The standard InChI is InChI=1S/C17H21FN2O2/c18-14-6-4-11(5-7-14)8-13(10-21)17(16(19)22)15-3-1-2-12(15)9-20-17/h4-7,10,12-13,15,20H,1-3,8-9H2,(H2,19,22)/t12?,13-,15?,17?/m1/s1. The summed E-state index contributed by atoms with van der Waals surface area (Å²) in [5.74, 6) is -0.737. The number of primary amides is 1. The minimum Gasteiger partial charge on any atom is -0.368 e. The maximum Gasteiger partial charge on any atom is 0.238 e. The summed E-state index contributed by atoms with van der Waals surface area (Å²) in [5, 5.41) is 3.27. The van der Waals surface area contributed by atoms with Crippen molar-refractivity contribution in [2.45, 2.75) is 31.2 Å². The molecule has 4 nitrogen and oxygen atoms in total. The Morgan fingerprint density at radius 3 is 2.77 bits per heavy atom. The molecule has 0 bridgehead atoms. The smallest absolute Gasteiger partial charge is 0.238 e. The minimum absolute atomic E-state index is 0.126. The first-order chi connectivity index (χ1) is 10.6. The van der Waals surface area contributed by atoms with Gasteiger partial charge in [-0.15, -0.1) is 0 Å². The van der Waals surface area contributed by atoms with Crippen LogP contribution in [0.25, 0.3) is 0 Å². The fourth-order valence-electron chi connectivity index (χ4n) is 4.36. The van der Waals surface area contributed by atoms with E-state index in [0.717, 1.165) is 37.7 Å². The van der Waals surface area contributed by atoms with Crippen LogP contribution >= 0.6 is 0 Å². The third-order valence-corrected chi connectivity index (χ3v) is 5.43. The number of hydrogen-bond acceptors (Lipinski definition) is 3. The molecule has 1 aliphatic carbocycles. The van der Waals surface area contributed by atoms with E-state index in [2.05, 4.69) is 5.32 Å². The number of carbonyl (C=O) groups excluding carboxylic acids is 2. The number of rotatable bonds is 5. The molecule has 1 saturated heterocycles. The molecule has 0 aromatic heterocycles. The molecule has 1 amide bonds. The van der Waals surface area contributed by atoms with Gasteiger partial charge in [0.25, 0.3) is 0 Å². The number of hydrogen-bond donors (Lipinski definition) is 2. The molecule has 5 heteroatoms. The van der Waals surface area contributed by atoms with Crippen LogP contribution in [0, 0.1) is 23.6 Å². The molecular weight excluding hydrogens is 283 g/mol. The van der Waals surface area contributed by atoms with E-state index in [0.29, 0.717) is 12.3 Å². The van der Waals surface area contributed by atoms with Gasteiger partial charge in [-0.2, -0.15) is 0 Å². The summed E-state index contributed by atoms with van der Waals surface area (Å²) in [5.41, 5.74) is 5.60. The molecule has 118 valence electrons. The van der Waals surface area contributed by atoms with Crippen molar-refractivity contribution in [3.05, 3.63) is 35.6 Å². The summed E-state index contributed by atoms with van der Waals surface area (Å²) >= 11 is 0. The van der Waals surface area contributed by atoms with Crippen LogP contribution in [-0.2, 0) is 16.0 Å². The van der Waals surface area contributed by atoms with Crippen LogP contribution in [0.4, 0.5) is 4.39 Å². The van der Waals surface area contributed by atoms with E-state index in [1.54, 1.807) is 12.1 Å². The maximum absolute atomic E-state index is 13.0. The first-order valence-corrected chi connectivity index (χ1v) is 7.82. The van der Waals surface area contributed by atoms with Crippen molar-refractivity contribution in [1.82, 2.24) is 5.32 Å². The predicted molar refractivity (Wildman–Crippen MR) is 80.4 cm³/mol. The Labute approximate surface area is 129 Å². The number of amides is 1. The topological polar surface area (TPSA) is 72.2 Å². The number of aldehydes is 1. The highest BCUT2D eigenvalue weighted by molar-refractivity contribution is 5.89. The number of carbonyl (C=O) groups is 2. The zero-order chi connectivity index (χ0) is 15.7. The second kappa shape index (κ2) is 5.80. The number of benzene rings is 1. The van der Waals surface area contributed by atoms with E-state index < -0.39 is 17.4 Å². The SMILES string of the molecule is NC(=O)C1([C@@H](C=O)Cc2ccc(F)cc2)NCC2CCCC21. The molecule has 0 radical (unpaired) electrons. The molecule has 3 unspecified atom stereocenters. The van der Waals surface area contributed by atoms with Gasteiger partial charge < -0.3 is 15.8 Å². The third-order valence-electron chi connectivity index (χ3n) is 5.43. The van der Waals surface area contributed by atoms with Crippen LogP contribution in [-0.4, -0.2) is 24.3 Å². The number of fused-ring (bicyclic) bond motifs is 1. The van der Waals surface area contributed by atoms with Crippen molar-refractivity contribution in [2.24, 2.45) is 23.5 Å². The van der Waals surface area contributed by atoms with Crippen LogP contribution in [0.15, 0.2) is 24.3 Å². The van der Waals surface area contributed by atoms with E-state index in [9.17, 15) is 14.0 Å². The van der Waals surface area contributed by atoms with Crippen molar-refractivity contribution in [3.63, 3.8) is 0 Å². The van der Waals surface area contributed by atoms with Crippen LogP contribution < -0.4 is 11.1 Å².